The monoisotopic (exact) mass is 463 g/mol. The van der Waals surface area contributed by atoms with Gasteiger partial charge in [-0.3, -0.25) is 9.36 Å². The maximum atomic E-state index is 12.5. The third kappa shape index (κ3) is 4.51. The van der Waals surface area contributed by atoms with Crippen molar-refractivity contribution in [2.75, 3.05) is 12.4 Å². The molecule has 1 unspecified atom stereocenters. The molecule has 1 atom stereocenters. The summed E-state index contributed by atoms with van der Waals surface area (Å²) in [6.45, 7) is 1.53. The summed E-state index contributed by atoms with van der Waals surface area (Å²) in [7, 11) is 0. The number of aromatic nitrogens is 3. The lowest BCUT2D eigenvalue weighted by atomic mass is 10.2. The first-order chi connectivity index (χ1) is 13.2. The van der Waals surface area contributed by atoms with Crippen LogP contribution in [-0.2, 0) is 11.3 Å². The third-order valence-electron chi connectivity index (χ3n) is 4.35. The fraction of sp³-hybridized carbons (Fsp3) is 0.316. The maximum Gasteiger partial charge on any atom is 0.192 e. The minimum absolute atomic E-state index is 0.0747. The molecule has 0 radical (unpaired) electrons. The molecule has 0 amide bonds. The summed E-state index contributed by atoms with van der Waals surface area (Å²) >= 11 is 6.48. The van der Waals surface area contributed by atoms with Crippen LogP contribution in [0.1, 0.15) is 23.2 Å². The van der Waals surface area contributed by atoms with Crippen LogP contribution in [0.3, 0.4) is 0 Å². The van der Waals surface area contributed by atoms with E-state index < -0.39 is 0 Å². The molecule has 3 heterocycles. The molecule has 1 aliphatic rings. The summed E-state index contributed by atoms with van der Waals surface area (Å²) in [5.41, 5.74) is 0.695. The number of ketones is 1. The highest BCUT2D eigenvalue weighted by Gasteiger charge is 2.22. The van der Waals surface area contributed by atoms with Crippen LogP contribution in [0.5, 0.6) is 0 Å². The molecule has 0 N–H and O–H groups in total. The zero-order chi connectivity index (χ0) is 18.6. The normalized spacial score (nSPS) is 16.7. The fourth-order valence-corrected chi connectivity index (χ4v) is 4.97. The van der Waals surface area contributed by atoms with E-state index in [0.29, 0.717) is 17.9 Å². The van der Waals surface area contributed by atoms with Gasteiger partial charge in [0.2, 0.25) is 0 Å². The van der Waals surface area contributed by atoms with E-state index in [0.717, 1.165) is 39.8 Å². The number of hydrogen-bond donors (Lipinski definition) is 0. The summed E-state index contributed by atoms with van der Waals surface area (Å²) in [4.78, 5) is 13.6. The molecule has 5 nitrogen and oxygen atoms in total. The van der Waals surface area contributed by atoms with Crippen LogP contribution < -0.4 is 0 Å². The molecule has 0 saturated carbocycles. The molecule has 0 spiro atoms. The zero-order valence-electron chi connectivity index (χ0n) is 14.5. The van der Waals surface area contributed by atoms with Gasteiger partial charge in [0, 0.05) is 16.6 Å². The minimum atomic E-state index is 0.0747. The van der Waals surface area contributed by atoms with Crippen molar-refractivity contribution in [3.63, 3.8) is 0 Å². The van der Waals surface area contributed by atoms with Crippen molar-refractivity contribution in [3.05, 3.63) is 51.8 Å². The lowest BCUT2D eigenvalue weighted by Gasteiger charge is -2.14. The molecule has 140 valence electrons. The highest BCUT2D eigenvalue weighted by molar-refractivity contribution is 9.10. The number of Topliss-reactive ketones (excluding diaryl/α,β-unsaturated/α-hetero) is 1. The number of nitrogens with zero attached hydrogens (tertiary/aromatic N) is 3. The number of carbonyl (C=O) groups excluding carboxylic acids is 1. The predicted molar refractivity (Wildman–Crippen MR) is 112 cm³/mol. The van der Waals surface area contributed by atoms with Crippen LogP contribution in [0.4, 0.5) is 0 Å². The maximum absolute atomic E-state index is 12.5. The second kappa shape index (κ2) is 8.68. The van der Waals surface area contributed by atoms with E-state index >= 15 is 0 Å². The molecule has 1 aliphatic heterocycles. The quantitative estimate of drug-likeness (QED) is 0.367. The van der Waals surface area contributed by atoms with Gasteiger partial charge in [-0.1, -0.05) is 45.9 Å². The Balaban J connectivity index is 1.53. The van der Waals surface area contributed by atoms with E-state index in [1.165, 1.54) is 11.8 Å². The Morgan fingerprint density at radius 3 is 3.00 bits per heavy atom. The van der Waals surface area contributed by atoms with Crippen LogP contribution >= 0.6 is 39.0 Å². The second-order valence-electron chi connectivity index (χ2n) is 6.25. The summed E-state index contributed by atoms with van der Waals surface area (Å²) in [6, 6.07) is 11.5. The summed E-state index contributed by atoms with van der Waals surface area (Å²) in [6.07, 6.45) is 2.31. The van der Waals surface area contributed by atoms with Gasteiger partial charge in [0.15, 0.2) is 16.8 Å². The number of thiophene rings is 1. The van der Waals surface area contributed by atoms with Crippen LogP contribution in [0.15, 0.2) is 51.4 Å². The van der Waals surface area contributed by atoms with Crippen LogP contribution in [0, 0.1) is 0 Å². The summed E-state index contributed by atoms with van der Waals surface area (Å²) < 4.78 is 8.81. The molecular weight excluding hydrogens is 446 g/mol. The first-order valence-corrected chi connectivity index (χ1v) is 11.4. The van der Waals surface area contributed by atoms with Gasteiger partial charge in [0.05, 0.1) is 23.3 Å². The molecule has 1 saturated heterocycles. The number of hydrogen-bond acceptors (Lipinski definition) is 6. The number of halogens is 1. The van der Waals surface area contributed by atoms with Crippen LogP contribution in [0.25, 0.3) is 10.7 Å². The van der Waals surface area contributed by atoms with Crippen molar-refractivity contribution in [1.29, 1.82) is 0 Å². The molecule has 4 rings (SSSR count). The average molecular weight is 464 g/mol. The van der Waals surface area contributed by atoms with E-state index in [2.05, 4.69) is 30.7 Å². The lowest BCUT2D eigenvalue weighted by Crippen LogP contribution is -2.17. The van der Waals surface area contributed by atoms with Gasteiger partial charge in [0.1, 0.15) is 0 Å². The smallest absolute Gasteiger partial charge is 0.192 e. The van der Waals surface area contributed by atoms with Gasteiger partial charge in [-0.2, -0.15) is 0 Å². The van der Waals surface area contributed by atoms with E-state index in [1.807, 2.05) is 41.8 Å². The predicted octanol–water partition coefficient (Wildman–Crippen LogP) is 4.92. The number of rotatable bonds is 7. The first kappa shape index (κ1) is 18.9. The summed E-state index contributed by atoms with van der Waals surface area (Å²) in [5.74, 6) is 1.24. The van der Waals surface area contributed by atoms with Crippen molar-refractivity contribution in [2.45, 2.75) is 30.6 Å². The van der Waals surface area contributed by atoms with E-state index in [9.17, 15) is 4.79 Å². The summed E-state index contributed by atoms with van der Waals surface area (Å²) in [5, 5.41) is 11.5. The largest absolute Gasteiger partial charge is 0.376 e. The lowest BCUT2D eigenvalue weighted by molar-refractivity contribution is 0.0953. The van der Waals surface area contributed by atoms with Crippen LogP contribution in [0.2, 0.25) is 0 Å². The zero-order valence-corrected chi connectivity index (χ0v) is 17.7. The number of benzene rings is 1. The van der Waals surface area contributed by atoms with Gasteiger partial charge in [-0.05, 0) is 36.4 Å². The van der Waals surface area contributed by atoms with E-state index in [-0.39, 0.29) is 11.9 Å². The first-order valence-electron chi connectivity index (χ1n) is 8.71. The number of thioether (sulfide) groups is 1. The Bertz CT molecular complexity index is 921. The molecule has 0 bridgehead atoms. The Labute approximate surface area is 174 Å². The van der Waals surface area contributed by atoms with Crippen LogP contribution in [-0.4, -0.2) is 39.0 Å². The topological polar surface area (TPSA) is 57.0 Å². The molecule has 3 aromatic rings. The molecule has 8 heteroatoms. The highest BCUT2D eigenvalue weighted by Crippen LogP contribution is 2.29. The SMILES string of the molecule is O=C(CSc1nnc(-c2cccs2)n1CC1CCCO1)c1cccc(Br)c1. The van der Waals surface area contributed by atoms with Crippen molar-refractivity contribution in [1.82, 2.24) is 14.8 Å². The van der Waals surface area contributed by atoms with Crippen molar-refractivity contribution < 1.29 is 9.53 Å². The fourth-order valence-electron chi connectivity index (χ4n) is 3.02. The van der Waals surface area contributed by atoms with Gasteiger partial charge in [-0.15, -0.1) is 21.5 Å². The Hall–Kier alpha value is -1.48. The molecule has 2 aromatic heterocycles. The highest BCUT2D eigenvalue weighted by atomic mass is 79.9. The van der Waals surface area contributed by atoms with E-state index in [4.69, 9.17) is 4.74 Å². The second-order valence-corrected chi connectivity index (χ2v) is 9.06. The number of carbonyl (C=O) groups is 1. The van der Waals surface area contributed by atoms with Gasteiger partial charge >= 0.3 is 0 Å². The number of ether oxygens (including phenoxy) is 1. The standard InChI is InChI=1S/C19H18BrN3O2S2/c20-14-5-1-4-13(10-14)16(24)12-27-19-22-21-18(17-7-3-9-26-17)23(19)11-15-6-2-8-25-15/h1,3-5,7,9-10,15H,2,6,8,11-12H2. The van der Waals surface area contributed by atoms with E-state index in [1.54, 1.807) is 11.3 Å². The molecular formula is C19H18BrN3O2S2. The van der Waals surface area contributed by atoms with Gasteiger partial charge in [0.25, 0.3) is 0 Å². The third-order valence-corrected chi connectivity index (χ3v) is 6.67. The molecule has 27 heavy (non-hydrogen) atoms. The molecule has 1 aromatic carbocycles. The van der Waals surface area contributed by atoms with Gasteiger partial charge in [-0.25, -0.2) is 0 Å². The van der Waals surface area contributed by atoms with Gasteiger partial charge < -0.3 is 4.74 Å². The van der Waals surface area contributed by atoms with Crippen molar-refractivity contribution >= 4 is 44.8 Å². The Morgan fingerprint density at radius 1 is 1.33 bits per heavy atom. The van der Waals surface area contributed by atoms with Crippen molar-refractivity contribution in [3.8, 4) is 10.7 Å². The minimum Gasteiger partial charge on any atom is -0.376 e. The average Bonchev–Trinajstić information content (AvgIpc) is 3.42. The van der Waals surface area contributed by atoms with Crippen molar-refractivity contribution in [2.24, 2.45) is 0 Å². The Morgan fingerprint density at radius 2 is 2.26 bits per heavy atom. The molecule has 0 aliphatic carbocycles. The Kier molecular flexibility index (Phi) is 6.07. The molecule has 1 fully saturated rings.